The zero-order valence-corrected chi connectivity index (χ0v) is 14.3. The quantitative estimate of drug-likeness (QED) is 0.859. The molecule has 0 saturated carbocycles. The Morgan fingerprint density at radius 2 is 1.73 bits per heavy atom. The second-order valence-corrected chi connectivity index (χ2v) is 5.95. The Balaban J connectivity index is 3.55. The first-order chi connectivity index (χ1) is 10.2. The first kappa shape index (κ1) is 18.1. The van der Waals surface area contributed by atoms with E-state index >= 15 is 0 Å². The molecular formula is C15H20ClNO5. The second-order valence-electron chi connectivity index (χ2n) is 5.54. The molecule has 1 aromatic carbocycles. The van der Waals surface area contributed by atoms with Crippen molar-refractivity contribution in [2.24, 2.45) is 5.41 Å². The minimum absolute atomic E-state index is 0.00644. The number of hydrogen-bond acceptors (Lipinski definition) is 5. The summed E-state index contributed by atoms with van der Waals surface area (Å²) in [5.74, 6) is -0.585. The summed E-state index contributed by atoms with van der Waals surface area (Å²) in [5.41, 5.74) is -0.526. The second kappa shape index (κ2) is 6.87. The van der Waals surface area contributed by atoms with Crippen molar-refractivity contribution in [3.05, 3.63) is 16.7 Å². The SMILES string of the molecule is COC(=O)c1c(NC(=O)C(C)(C)C)c(Cl)cc(OC)c1OC. The molecule has 22 heavy (non-hydrogen) atoms. The maximum absolute atomic E-state index is 12.2. The molecule has 6 nitrogen and oxygen atoms in total. The normalized spacial score (nSPS) is 10.9. The molecule has 0 unspecified atom stereocenters. The molecule has 0 aliphatic heterocycles. The van der Waals surface area contributed by atoms with E-state index in [4.69, 9.17) is 25.8 Å². The number of amides is 1. The summed E-state index contributed by atoms with van der Waals surface area (Å²) in [5, 5.41) is 2.80. The Bertz CT molecular complexity index is 593. The van der Waals surface area contributed by atoms with Gasteiger partial charge in [-0.15, -0.1) is 0 Å². The predicted octanol–water partition coefficient (Wildman–Crippen LogP) is 3.13. The van der Waals surface area contributed by atoms with E-state index in [9.17, 15) is 9.59 Å². The molecule has 0 radical (unpaired) electrons. The minimum atomic E-state index is -0.693. The van der Waals surface area contributed by atoms with Gasteiger partial charge in [-0.05, 0) is 0 Å². The fourth-order valence-corrected chi connectivity index (χ4v) is 1.92. The maximum Gasteiger partial charge on any atom is 0.344 e. The first-order valence-electron chi connectivity index (χ1n) is 6.51. The van der Waals surface area contributed by atoms with E-state index in [2.05, 4.69) is 5.32 Å². The van der Waals surface area contributed by atoms with Crippen LogP contribution in [0.2, 0.25) is 5.02 Å². The van der Waals surface area contributed by atoms with Crippen LogP contribution in [0, 0.1) is 5.41 Å². The lowest BCUT2D eigenvalue weighted by atomic mass is 9.95. The van der Waals surface area contributed by atoms with Crippen LogP contribution in [-0.2, 0) is 9.53 Å². The molecule has 0 aliphatic rings. The molecular weight excluding hydrogens is 310 g/mol. The number of methoxy groups -OCH3 is 3. The standard InChI is InChI=1S/C15H20ClNO5/c1-15(2,3)14(19)17-11-8(16)7-9(20-4)12(21-5)10(11)13(18)22-6/h7H,1-6H3,(H,17,19). The molecule has 0 aliphatic carbocycles. The Morgan fingerprint density at radius 1 is 1.14 bits per heavy atom. The number of benzene rings is 1. The molecule has 0 bridgehead atoms. The number of ether oxygens (including phenoxy) is 3. The van der Waals surface area contributed by atoms with Gasteiger partial charge in [-0.3, -0.25) is 4.79 Å². The van der Waals surface area contributed by atoms with Gasteiger partial charge in [-0.2, -0.15) is 0 Å². The smallest absolute Gasteiger partial charge is 0.344 e. The van der Waals surface area contributed by atoms with Crippen LogP contribution in [0.3, 0.4) is 0 Å². The molecule has 1 rings (SSSR count). The van der Waals surface area contributed by atoms with E-state index in [1.54, 1.807) is 20.8 Å². The third-order valence-corrected chi connectivity index (χ3v) is 3.23. The molecule has 0 atom stereocenters. The van der Waals surface area contributed by atoms with Crippen LogP contribution in [0.25, 0.3) is 0 Å². The van der Waals surface area contributed by atoms with Crippen molar-refractivity contribution in [3.8, 4) is 11.5 Å². The highest BCUT2D eigenvalue weighted by molar-refractivity contribution is 6.35. The average molecular weight is 330 g/mol. The Hall–Kier alpha value is -1.95. The van der Waals surface area contributed by atoms with Crippen LogP contribution in [0.5, 0.6) is 11.5 Å². The number of hydrogen-bond donors (Lipinski definition) is 1. The molecule has 122 valence electrons. The van der Waals surface area contributed by atoms with Crippen molar-refractivity contribution < 1.29 is 23.8 Å². The summed E-state index contributed by atoms with van der Waals surface area (Å²) >= 11 is 6.18. The number of halogens is 1. The van der Waals surface area contributed by atoms with Crippen LogP contribution in [0.4, 0.5) is 5.69 Å². The third kappa shape index (κ3) is 3.62. The van der Waals surface area contributed by atoms with Gasteiger partial charge in [-0.25, -0.2) is 4.79 Å². The molecule has 1 N–H and O–H groups in total. The van der Waals surface area contributed by atoms with Crippen molar-refractivity contribution in [1.82, 2.24) is 0 Å². The van der Waals surface area contributed by atoms with Gasteiger partial charge in [0.1, 0.15) is 5.56 Å². The van der Waals surface area contributed by atoms with Crippen LogP contribution < -0.4 is 14.8 Å². The topological polar surface area (TPSA) is 73.9 Å². The monoisotopic (exact) mass is 329 g/mol. The van der Waals surface area contributed by atoms with Crippen molar-refractivity contribution >= 4 is 29.2 Å². The van der Waals surface area contributed by atoms with Gasteiger partial charge in [0.25, 0.3) is 0 Å². The van der Waals surface area contributed by atoms with Gasteiger partial charge in [-0.1, -0.05) is 32.4 Å². The Labute approximate surface area is 134 Å². The Morgan fingerprint density at radius 3 is 2.14 bits per heavy atom. The lowest BCUT2D eigenvalue weighted by Gasteiger charge is -2.21. The number of anilines is 1. The van der Waals surface area contributed by atoms with E-state index < -0.39 is 11.4 Å². The van der Waals surface area contributed by atoms with Gasteiger partial charge >= 0.3 is 5.97 Å². The number of carbonyl (C=O) groups is 2. The van der Waals surface area contributed by atoms with E-state index in [1.807, 2.05) is 0 Å². The van der Waals surface area contributed by atoms with Crippen molar-refractivity contribution in [1.29, 1.82) is 0 Å². The molecule has 0 fully saturated rings. The van der Waals surface area contributed by atoms with Crippen molar-refractivity contribution in [3.63, 3.8) is 0 Å². The number of esters is 1. The van der Waals surface area contributed by atoms with Gasteiger partial charge in [0.2, 0.25) is 5.91 Å². The molecule has 0 spiro atoms. The van der Waals surface area contributed by atoms with E-state index in [1.165, 1.54) is 27.4 Å². The van der Waals surface area contributed by atoms with Crippen molar-refractivity contribution in [2.45, 2.75) is 20.8 Å². The highest BCUT2D eigenvalue weighted by Gasteiger charge is 2.29. The largest absolute Gasteiger partial charge is 0.493 e. The predicted molar refractivity (Wildman–Crippen MR) is 84.0 cm³/mol. The number of carbonyl (C=O) groups excluding carboxylic acids is 2. The van der Waals surface area contributed by atoms with E-state index in [0.717, 1.165) is 0 Å². The molecule has 0 saturated heterocycles. The summed E-state index contributed by atoms with van der Waals surface area (Å²) in [6.45, 7) is 5.23. The molecule has 1 amide bonds. The highest BCUT2D eigenvalue weighted by Crippen LogP contribution is 2.42. The fourth-order valence-electron chi connectivity index (χ4n) is 1.68. The van der Waals surface area contributed by atoms with Crippen LogP contribution in [0.15, 0.2) is 6.07 Å². The first-order valence-corrected chi connectivity index (χ1v) is 6.89. The summed E-state index contributed by atoms with van der Waals surface area (Å²) in [6, 6.07) is 1.46. The number of rotatable bonds is 4. The molecule has 0 aromatic heterocycles. The van der Waals surface area contributed by atoms with Crippen LogP contribution in [-0.4, -0.2) is 33.2 Å². The van der Waals surface area contributed by atoms with E-state index in [-0.39, 0.29) is 33.7 Å². The van der Waals surface area contributed by atoms with E-state index in [0.29, 0.717) is 0 Å². The third-order valence-electron chi connectivity index (χ3n) is 2.93. The Kier molecular flexibility index (Phi) is 5.65. The molecule has 0 heterocycles. The maximum atomic E-state index is 12.2. The average Bonchev–Trinajstić information content (AvgIpc) is 2.46. The summed E-state index contributed by atoms with van der Waals surface area (Å²) in [6.07, 6.45) is 0. The lowest BCUT2D eigenvalue weighted by molar-refractivity contribution is -0.123. The molecule has 7 heteroatoms. The van der Waals surface area contributed by atoms with Gasteiger partial charge < -0.3 is 19.5 Å². The summed E-state index contributed by atoms with van der Waals surface area (Å²) < 4.78 is 15.1. The van der Waals surface area contributed by atoms with Gasteiger partial charge in [0, 0.05) is 11.5 Å². The van der Waals surface area contributed by atoms with Crippen LogP contribution in [0.1, 0.15) is 31.1 Å². The van der Waals surface area contributed by atoms with Gasteiger partial charge in [0.15, 0.2) is 11.5 Å². The zero-order chi connectivity index (χ0) is 17.1. The van der Waals surface area contributed by atoms with Gasteiger partial charge in [0.05, 0.1) is 32.0 Å². The van der Waals surface area contributed by atoms with Crippen LogP contribution >= 0.6 is 11.6 Å². The summed E-state index contributed by atoms with van der Waals surface area (Å²) in [7, 11) is 4.03. The van der Waals surface area contributed by atoms with Crippen molar-refractivity contribution in [2.75, 3.05) is 26.6 Å². The summed E-state index contributed by atoms with van der Waals surface area (Å²) in [4.78, 5) is 24.3. The molecule has 1 aromatic rings. The minimum Gasteiger partial charge on any atom is -0.493 e. The fraction of sp³-hybridized carbons (Fsp3) is 0.467. The highest BCUT2D eigenvalue weighted by atomic mass is 35.5. The number of nitrogens with one attached hydrogen (secondary N) is 1. The lowest BCUT2D eigenvalue weighted by Crippen LogP contribution is -2.28. The zero-order valence-electron chi connectivity index (χ0n) is 13.5.